The van der Waals surface area contributed by atoms with Crippen molar-refractivity contribution in [2.75, 3.05) is 0 Å². The van der Waals surface area contributed by atoms with Gasteiger partial charge in [-0.1, -0.05) is 75.9 Å². The number of unbranched alkanes of at least 4 members (excludes halogenated alkanes) is 7. The molecule has 1 heteroatoms. The molecule has 0 aliphatic heterocycles. The fourth-order valence-electron chi connectivity index (χ4n) is 4.07. The van der Waals surface area contributed by atoms with Gasteiger partial charge in [0.15, 0.2) is 0 Å². The van der Waals surface area contributed by atoms with Crippen molar-refractivity contribution in [3.8, 4) is 0 Å². The van der Waals surface area contributed by atoms with Gasteiger partial charge in [0.2, 0.25) is 0 Å². The Morgan fingerprint density at radius 3 is 2.33 bits per heavy atom. The summed E-state index contributed by atoms with van der Waals surface area (Å²) in [6.07, 6.45) is 19.4. The number of carbonyl (C=O) groups is 1. The van der Waals surface area contributed by atoms with Gasteiger partial charge in [0.05, 0.1) is 0 Å². The van der Waals surface area contributed by atoms with Crippen LogP contribution in [0.15, 0.2) is 11.1 Å². The summed E-state index contributed by atoms with van der Waals surface area (Å²) < 4.78 is 0. The van der Waals surface area contributed by atoms with Crippen LogP contribution >= 0.6 is 0 Å². The lowest BCUT2D eigenvalue weighted by atomic mass is 9.75. The van der Waals surface area contributed by atoms with E-state index in [1.54, 1.807) is 5.57 Å². The molecule has 2 aliphatic rings. The summed E-state index contributed by atoms with van der Waals surface area (Å²) in [6, 6.07) is 0. The number of ketones is 1. The maximum Gasteiger partial charge on any atom is 0.137 e. The van der Waals surface area contributed by atoms with Gasteiger partial charge < -0.3 is 0 Å². The third-order valence-electron chi connectivity index (χ3n) is 5.47. The number of hydrogen-bond donors (Lipinski definition) is 0. The largest absolute Gasteiger partial charge is 0.299 e. The van der Waals surface area contributed by atoms with E-state index in [4.69, 9.17) is 0 Å². The van der Waals surface area contributed by atoms with Crippen LogP contribution in [0.4, 0.5) is 0 Å². The van der Waals surface area contributed by atoms with Gasteiger partial charge in [0.25, 0.3) is 0 Å². The van der Waals surface area contributed by atoms with Gasteiger partial charge in [-0.2, -0.15) is 0 Å². The Kier molecular flexibility index (Phi) is 7.53. The highest BCUT2D eigenvalue weighted by Gasteiger charge is 2.25. The van der Waals surface area contributed by atoms with Gasteiger partial charge in [-0.05, 0) is 31.6 Å². The van der Waals surface area contributed by atoms with Crippen molar-refractivity contribution in [2.24, 2.45) is 5.92 Å². The Bertz CT molecular complexity index is 353. The summed E-state index contributed by atoms with van der Waals surface area (Å²) in [5, 5.41) is 0. The van der Waals surface area contributed by atoms with Crippen molar-refractivity contribution < 1.29 is 4.79 Å². The van der Waals surface area contributed by atoms with Crippen LogP contribution in [-0.4, -0.2) is 5.78 Å². The minimum absolute atomic E-state index is 0.482. The van der Waals surface area contributed by atoms with E-state index >= 15 is 0 Å². The second kappa shape index (κ2) is 9.43. The van der Waals surface area contributed by atoms with Crippen molar-refractivity contribution >= 4 is 5.78 Å². The normalized spacial score (nSPS) is 22.5. The predicted molar refractivity (Wildman–Crippen MR) is 90.5 cm³/mol. The topological polar surface area (TPSA) is 17.1 Å². The van der Waals surface area contributed by atoms with Crippen molar-refractivity contribution in [2.45, 2.75) is 103 Å². The van der Waals surface area contributed by atoms with Crippen LogP contribution in [0.25, 0.3) is 0 Å². The Labute approximate surface area is 131 Å². The molecule has 0 aromatic carbocycles. The molecule has 21 heavy (non-hydrogen) atoms. The number of carbonyl (C=O) groups excluding carboxylic acids is 1. The van der Waals surface area contributed by atoms with Gasteiger partial charge in [0.1, 0.15) is 5.78 Å². The minimum atomic E-state index is 0.482. The number of rotatable bonds is 9. The fraction of sp³-hybridized carbons (Fsp3) is 0.850. The SMILES string of the molecule is CCCCCCCCCCC1CCC2=C(CCC(=O)C2)C1. The zero-order valence-corrected chi connectivity index (χ0v) is 14.1. The zero-order valence-electron chi connectivity index (χ0n) is 14.1. The molecular weight excluding hydrogens is 256 g/mol. The number of hydrogen-bond acceptors (Lipinski definition) is 1. The van der Waals surface area contributed by atoms with Gasteiger partial charge in [-0.25, -0.2) is 0 Å². The van der Waals surface area contributed by atoms with E-state index in [9.17, 15) is 4.79 Å². The molecule has 0 saturated heterocycles. The summed E-state index contributed by atoms with van der Waals surface area (Å²) in [5.74, 6) is 1.41. The Balaban J connectivity index is 1.53. The molecule has 0 saturated carbocycles. The molecule has 0 N–H and O–H groups in total. The average molecular weight is 290 g/mol. The molecule has 0 amide bonds. The zero-order chi connectivity index (χ0) is 14.9. The Morgan fingerprint density at radius 1 is 0.857 bits per heavy atom. The highest BCUT2D eigenvalue weighted by molar-refractivity contribution is 5.82. The maximum atomic E-state index is 11.5. The smallest absolute Gasteiger partial charge is 0.137 e. The van der Waals surface area contributed by atoms with Crippen LogP contribution in [0, 0.1) is 5.92 Å². The lowest BCUT2D eigenvalue weighted by Gasteiger charge is -2.30. The minimum Gasteiger partial charge on any atom is -0.299 e. The van der Waals surface area contributed by atoms with Gasteiger partial charge in [-0.15, -0.1) is 0 Å². The van der Waals surface area contributed by atoms with Crippen molar-refractivity contribution in [3.05, 3.63) is 11.1 Å². The van der Waals surface area contributed by atoms with Crippen LogP contribution < -0.4 is 0 Å². The van der Waals surface area contributed by atoms with Gasteiger partial charge in [-0.3, -0.25) is 4.79 Å². The number of Topliss-reactive ketones (excluding diaryl/α,β-unsaturated/α-hetero) is 1. The molecule has 2 aliphatic carbocycles. The molecule has 120 valence electrons. The summed E-state index contributed by atoms with van der Waals surface area (Å²) in [5.41, 5.74) is 3.20. The highest BCUT2D eigenvalue weighted by atomic mass is 16.1. The van der Waals surface area contributed by atoms with E-state index in [-0.39, 0.29) is 0 Å². The first-order valence-corrected chi connectivity index (χ1v) is 9.51. The quantitative estimate of drug-likeness (QED) is 0.356. The highest BCUT2D eigenvalue weighted by Crippen LogP contribution is 2.38. The molecule has 0 heterocycles. The maximum absolute atomic E-state index is 11.5. The standard InChI is InChI=1S/C20H34O/c1-2-3-4-5-6-7-8-9-10-17-11-12-19-16-20(21)14-13-18(19)15-17/h17H,2-16H2,1H3. The van der Waals surface area contributed by atoms with Gasteiger partial charge in [0, 0.05) is 12.8 Å². The lowest BCUT2D eigenvalue weighted by molar-refractivity contribution is -0.118. The molecule has 0 radical (unpaired) electrons. The predicted octanol–water partition coefficient (Wildman–Crippen LogP) is 6.37. The molecule has 0 aromatic rings. The monoisotopic (exact) mass is 290 g/mol. The molecule has 1 unspecified atom stereocenters. The summed E-state index contributed by atoms with van der Waals surface area (Å²) in [6.45, 7) is 2.28. The van der Waals surface area contributed by atoms with Crippen LogP contribution in [-0.2, 0) is 4.79 Å². The first-order valence-electron chi connectivity index (χ1n) is 9.51. The van der Waals surface area contributed by atoms with E-state index in [1.165, 1.54) is 82.6 Å². The lowest BCUT2D eigenvalue weighted by Crippen LogP contribution is -2.17. The number of allylic oxidation sites excluding steroid dienone is 2. The molecule has 2 rings (SSSR count). The Morgan fingerprint density at radius 2 is 1.57 bits per heavy atom. The van der Waals surface area contributed by atoms with Crippen LogP contribution in [0.2, 0.25) is 0 Å². The van der Waals surface area contributed by atoms with Crippen LogP contribution in [0.3, 0.4) is 0 Å². The Hall–Kier alpha value is -0.590. The third kappa shape index (κ3) is 5.96. The van der Waals surface area contributed by atoms with Crippen molar-refractivity contribution in [3.63, 3.8) is 0 Å². The summed E-state index contributed by atoms with van der Waals surface area (Å²) in [7, 11) is 0. The average Bonchev–Trinajstić information content (AvgIpc) is 2.50. The second-order valence-corrected chi connectivity index (χ2v) is 7.29. The van der Waals surface area contributed by atoms with E-state index in [1.807, 2.05) is 0 Å². The molecule has 0 aromatic heterocycles. The van der Waals surface area contributed by atoms with Crippen LogP contribution in [0.1, 0.15) is 103 Å². The molecule has 0 bridgehead atoms. The summed E-state index contributed by atoms with van der Waals surface area (Å²) >= 11 is 0. The van der Waals surface area contributed by atoms with Crippen LogP contribution in [0.5, 0.6) is 0 Å². The molecule has 1 atom stereocenters. The molecule has 0 spiro atoms. The van der Waals surface area contributed by atoms with E-state index in [2.05, 4.69) is 6.92 Å². The van der Waals surface area contributed by atoms with Crippen molar-refractivity contribution in [1.82, 2.24) is 0 Å². The fourth-order valence-corrected chi connectivity index (χ4v) is 4.07. The van der Waals surface area contributed by atoms with Crippen molar-refractivity contribution in [1.29, 1.82) is 0 Å². The summed E-state index contributed by atoms with van der Waals surface area (Å²) in [4.78, 5) is 11.5. The first-order chi connectivity index (χ1) is 10.3. The third-order valence-corrected chi connectivity index (χ3v) is 5.47. The van der Waals surface area contributed by atoms with E-state index in [0.29, 0.717) is 5.78 Å². The van der Waals surface area contributed by atoms with E-state index < -0.39 is 0 Å². The first kappa shape index (κ1) is 16.8. The van der Waals surface area contributed by atoms with Gasteiger partial charge >= 0.3 is 0 Å². The molecular formula is C20H34O. The molecule has 0 fully saturated rings. The second-order valence-electron chi connectivity index (χ2n) is 7.29. The molecule has 1 nitrogen and oxygen atoms in total. The van der Waals surface area contributed by atoms with E-state index in [0.717, 1.165) is 25.2 Å².